The Morgan fingerprint density at radius 2 is 1.07 bits per heavy atom. The highest BCUT2D eigenvalue weighted by Gasteiger charge is 2.30. The van der Waals surface area contributed by atoms with Crippen LogP contribution in [0.3, 0.4) is 0 Å². The molecule has 0 amide bonds. The molecule has 0 spiro atoms. The van der Waals surface area contributed by atoms with E-state index in [4.69, 9.17) is 23.2 Å². The number of unbranched alkanes of at least 4 members (excludes halogenated alkanes) is 3. The van der Waals surface area contributed by atoms with Gasteiger partial charge in [0.15, 0.2) is 10.1 Å². The summed E-state index contributed by atoms with van der Waals surface area (Å²) in [6, 6.07) is 7.08. The van der Waals surface area contributed by atoms with Gasteiger partial charge in [-0.15, -0.1) is 0 Å². The van der Waals surface area contributed by atoms with Crippen molar-refractivity contribution in [2.75, 3.05) is 39.3 Å². The van der Waals surface area contributed by atoms with E-state index in [-0.39, 0.29) is 0 Å². The second-order valence-corrected chi connectivity index (χ2v) is 10.3. The fraction of sp³-hybridized carbons (Fsp3) is 0.500. The summed E-state index contributed by atoms with van der Waals surface area (Å²) in [6.45, 7) is 4.80. The summed E-state index contributed by atoms with van der Waals surface area (Å²) in [5, 5.41) is 29.1. The van der Waals surface area contributed by atoms with Crippen molar-refractivity contribution in [3.05, 3.63) is 78.3 Å². The lowest BCUT2D eigenvalue weighted by molar-refractivity contribution is -0.486. The number of hydrazone groups is 2. The van der Waals surface area contributed by atoms with Gasteiger partial charge in [-0.25, -0.2) is 30.2 Å². The van der Waals surface area contributed by atoms with Crippen LogP contribution in [0.25, 0.3) is 0 Å². The van der Waals surface area contributed by atoms with Crippen LogP contribution >= 0.6 is 23.2 Å². The Labute approximate surface area is 241 Å². The Hall–Kier alpha value is -3.78. The molecular weight excluding hydrogens is 563 g/mol. The first-order chi connectivity index (χ1) is 19.3. The van der Waals surface area contributed by atoms with E-state index in [9.17, 15) is 20.2 Å². The zero-order valence-corrected chi connectivity index (χ0v) is 23.3. The molecule has 0 aliphatic carbocycles. The summed E-state index contributed by atoms with van der Waals surface area (Å²) in [6.07, 6.45) is 6.84. The number of guanidine groups is 2. The molecule has 0 aromatic carbocycles. The van der Waals surface area contributed by atoms with Gasteiger partial charge in [-0.3, -0.25) is 0 Å². The average molecular weight is 593 g/mol. The minimum atomic E-state index is -0.659. The van der Waals surface area contributed by atoms with Crippen molar-refractivity contribution < 1.29 is 10.1 Å². The van der Waals surface area contributed by atoms with Gasteiger partial charge in [0.25, 0.3) is 11.9 Å². The van der Waals surface area contributed by atoms with Crippen LogP contribution in [0.4, 0.5) is 0 Å². The van der Waals surface area contributed by atoms with E-state index in [1.54, 1.807) is 24.5 Å². The summed E-state index contributed by atoms with van der Waals surface area (Å²) < 4.78 is 0. The van der Waals surface area contributed by atoms with Gasteiger partial charge in [0, 0.05) is 64.8 Å². The maximum absolute atomic E-state index is 11.2. The standard InChI is InChI=1S/C24H30Cl2N10O4/c25-21-7-5-19(15-27-21)17-33-13-11-31(23(33)29-35(37)38)9-3-1-2-4-10-32-12-14-34(24(32)30-36(39)40)18-20-6-8-22(26)28-16-20/h5-8,15-16H,1-4,9-14,17-18H2/b29-23-,30-24-. The summed E-state index contributed by atoms with van der Waals surface area (Å²) in [7, 11) is 0. The SMILES string of the molecule is O=[N+]([O-])/N=C1/N(CCCCCCN2CCN(Cc3ccc(Cl)nc3)/C2=N\[N+](=O)[O-])CCN1Cc1ccc(Cl)nc1. The molecular formula is C24H30Cl2N10O4. The van der Waals surface area contributed by atoms with Gasteiger partial charge in [0.1, 0.15) is 20.5 Å². The van der Waals surface area contributed by atoms with Crippen LogP contribution in [-0.2, 0) is 13.1 Å². The smallest absolute Gasteiger partial charge is 0.274 e. The lowest BCUT2D eigenvalue weighted by Crippen LogP contribution is -2.35. The van der Waals surface area contributed by atoms with Crippen LogP contribution in [0.2, 0.25) is 10.3 Å². The molecule has 14 nitrogen and oxygen atoms in total. The topological polar surface area (TPSA) is 150 Å². The van der Waals surface area contributed by atoms with Gasteiger partial charge >= 0.3 is 0 Å². The van der Waals surface area contributed by atoms with E-state index < -0.39 is 10.1 Å². The molecule has 0 atom stereocenters. The predicted octanol–water partition coefficient (Wildman–Crippen LogP) is 3.37. The molecule has 2 aliphatic rings. The van der Waals surface area contributed by atoms with Gasteiger partial charge in [-0.2, -0.15) is 0 Å². The first-order valence-corrected chi connectivity index (χ1v) is 13.7. The average Bonchev–Trinajstić information content (AvgIpc) is 3.46. The molecule has 16 heteroatoms. The highest BCUT2D eigenvalue weighted by atomic mass is 35.5. The number of rotatable bonds is 13. The summed E-state index contributed by atoms with van der Waals surface area (Å²) in [5.41, 5.74) is 1.79. The molecule has 2 saturated heterocycles. The Bertz CT molecular complexity index is 1130. The molecule has 0 unspecified atom stereocenters. The molecule has 0 N–H and O–H groups in total. The molecule has 4 heterocycles. The van der Waals surface area contributed by atoms with E-state index >= 15 is 0 Å². The monoisotopic (exact) mass is 592 g/mol. The van der Waals surface area contributed by atoms with E-state index in [0.29, 0.717) is 74.6 Å². The van der Waals surface area contributed by atoms with Crippen LogP contribution in [0.5, 0.6) is 0 Å². The van der Waals surface area contributed by atoms with Crippen molar-refractivity contribution in [2.45, 2.75) is 38.8 Å². The van der Waals surface area contributed by atoms with Gasteiger partial charge in [0.2, 0.25) is 0 Å². The Morgan fingerprint density at radius 1 is 0.675 bits per heavy atom. The fourth-order valence-corrected chi connectivity index (χ4v) is 5.03. The minimum absolute atomic E-state index is 0.355. The van der Waals surface area contributed by atoms with Crippen LogP contribution in [0, 0.1) is 20.2 Å². The largest absolute Gasteiger partial charge is 0.336 e. The Kier molecular flexibility index (Phi) is 10.2. The maximum atomic E-state index is 11.2. The predicted molar refractivity (Wildman–Crippen MR) is 150 cm³/mol. The molecule has 2 fully saturated rings. The first kappa shape index (κ1) is 29.2. The lowest BCUT2D eigenvalue weighted by Gasteiger charge is -2.21. The molecule has 2 aromatic heterocycles. The van der Waals surface area contributed by atoms with E-state index in [0.717, 1.165) is 36.8 Å². The van der Waals surface area contributed by atoms with Crippen molar-refractivity contribution in [3.8, 4) is 0 Å². The Morgan fingerprint density at radius 3 is 1.43 bits per heavy atom. The first-order valence-electron chi connectivity index (χ1n) is 12.9. The molecule has 0 bridgehead atoms. The normalized spacial score (nSPS) is 17.4. The third kappa shape index (κ3) is 8.36. The number of pyridine rings is 2. The third-order valence-corrected chi connectivity index (χ3v) is 7.13. The van der Waals surface area contributed by atoms with Gasteiger partial charge in [-0.05, 0) is 36.1 Å². The van der Waals surface area contributed by atoms with Crippen molar-refractivity contribution >= 4 is 35.1 Å². The number of hydrogen-bond acceptors (Lipinski definition) is 6. The molecule has 0 saturated carbocycles. The second-order valence-electron chi connectivity index (χ2n) is 9.49. The second kappa shape index (κ2) is 14.0. The minimum Gasteiger partial charge on any atom is -0.336 e. The number of halogens is 2. The van der Waals surface area contributed by atoms with Crippen molar-refractivity contribution in [3.63, 3.8) is 0 Å². The molecule has 4 rings (SSSR count). The van der Waals surface area contributed by atoms with Crippen LogP contribution in [-0.4, -0.2) is 90.8 Å². The summed E-state index contributed by atoms with van der Waals surface area (Å²) in [4.78, 5) is 38.2. The fourth-order valence-electron chi connectivity index (χ4n) is 4.80. The molecule has 2 aromatic rings. The van der Waals surface area contributed by atoms with Gasteiger partial charge in [-0.1, -0.05) is 48.2 Å². The number of aromatic nitrogens is 2. The number of hydrogen-bond donors (Lipinski definition) is 0. The van der Waals surface area contributed by atoms with Crippen LogP contribution < -0.4 is 0 Å². The number of nitro groups is 2. The zero-order valence-electron chi connectivity index (χ0n) is 21.8. The van der Waals surface area contributed by atoms with Crippen LogP contribution in [0.1, 0.15) is 36.8 Å². The van der Waals surface area contributed by atoms with E-state index in [1.165, 1.54) is 0 Å². The van der Waals surface area contributed by atoms with Gasteiger partial charge in [0.05, 0.1) is 0 Å². The summed E-state index contributed by atoms with van der Waals surface area (Å²) >= 11 is 11.7. The maximum Gasteiger partial charge on any atom is 0.274 e. The Balaban J connectivity index is 1.22. The van der Waals surface area contributed by atoms with E-state index in [1.807, 2.05) is 31.7 Å². The van der Waals surface area contributed by atoms with Crippen molar-refractivity contribution in [1.82, 2.24) is 29.6 Å². The number of nitrogens with zero attached hydrogens (tertiary/aromatic N) is 10. The molecule has 214 valence electrons. The molecule has 0 radical (unpaired) electrons. The van der Waals surface area contributed by atoms with Gasteiger partial charge < -0.3 is 19.6 Å². The molecule has 40 heavy (non-hydrogen) atoms. The third-order valence-electron chi connectivity index (χ3n) is 6.68. The van der Waals surface area contributed by atoms with Crippen molar-refractivity contribution in [1.29, 1.82) is 0 Å². The lowest BCUT2D eigenvalue weighted by atomic mass is 10.2. The molecule has 2 aliphatic heterocycles. The van der Waals surface area contributed by atoms with Crippen LogP contribution in [0.15, 0.2) is 46.9 Å². The highest BCUT2D eigenvalue weighted by molar-refractivity contribution is 6.29. The summed E-state index contributed by atoms with van der Waals surface area (Å²) in [5.74, 6) is 0.710. The van der Waals surface area contributed by atoms with Crippen molar-refractivity contribution in [2.24, 2.45) is 10.2 Å². The zero-order chi connectivity index (χ0) is 28.5. The quantitative estimate of drug-likeness (QED) is 0.146. The van der Waals surface area contributed by atoms with E-state index in [2.05, 4.69) is 20.2 Å². The highest BCUT2D eigenvalue weighted by Crippen LogP contribution is 2.18.